The summed E-state index contributed by atoms with van der Waals surface area (Å²) >= 11 is 0. The molecule has 0 unspecified atom stereocenters. The van der Waals surface area contributed by atoms with Crippen LogP contribution in [0.4, 0.5) is 0 Å². The van der Waals surface area contributed by atoms with Crippen molar-refractivity contribution >= 4 is 10.9 Å². The van der Waals surface area contributed by atoms with E-state index in [9.17, 15) is 0 Å². The van der Waals surface area contributed by atoms with Gasteiger partial charge in [-0.1, -0.05) is 26.0 Å². The number of rotatable bonds is 0. The van der Waals surface area contributed by atoms with Gasteiger partial charge in [-0.25, -0.2) is 0 Å². The number of benzene rings is 1. The minimum Gasteiger partial charge on any atom is -0.361 e. The van der Waals surface area contributed by atoms with Gasteiger partial charge in [0.2, 0.25) is 0 Å². The maximum atomic E-state index is 3.23. The van der Waals surface area contributed by atoms with Crippen molar-refractivity contribution in [3.63, 3.8) is 0 Å². The van der Waals surface area contributed by atoms with Crippen LogP contribution in [-0.2, 0) is 0 Å². The van der Waals surface area contributed by atoms with Crippen molar-refractivity contribution in [2.75, 3.05) is 0 Å². The lowest BCUT2D eigenvalue weighted by Gasteiger charge is -1.92. The second kappa shape index (κ2) is 6.88. The molecule has 0 aliphatic carbocycles. The Hall–Kier alpha value is -1.50. The standard InChI is InChI=1S/C10H11N.C2H6.C2H4/c1-7-3-4-9-8(2)6-11-10(9)5-7;2*1-2/h3-6,11H,1-2H3;1-2H3;1-2H2. The number of fused-ring (bicyclic) bond motifs is 1. The van der Waals surface area contributed by atoms with Crippen molar-refractivity contribution < 1.29 is 0 Å². The lowest BCUT2D eigenvalue weighted by molar-refractivity contribution is 1.42. The lowest BCUT2D eigenvalue weighted by Crippen LogP contribution is -1.71. The van der Waals surface area contributed by atoms with Gasteiger partial charge < -0.3 is 4.98 Å². The van der Waals surface area contributed by atoms with Crippen LogP contribution in [0.15, 0.2) is 37.6 Å². The molecule has 1 nitrogen and oxygen atoms in total. The molecule has 0 spiro atoms. The third-order valence-corrected chi connectivity index (χ3v) is 2.04. The molecule has 2 aromatic rings. The molecule has 1 aromatic heterocycles. The summed E-state index contributed by atoms with van der Waals surface area (Å²) in [7, 11) is 0. The van der Waals surface area contributed by atoms with Crippen molar-refractivity contribution in [1.82, 2.24) is 4.98 Å². The maximum absolute atomic E-state index is 3.23. The molecule has 0 saturated carbocycles. The van der Waals surface area contributed by atoms with Gasteiger partial charge in [-0.3, -0.25) is 0 Å². The minimum atomic E-state index is 1.24. The summed E-state index contributed by atoms with van der Waals surface area (Å²) in [5, 5.41) is 1.33. The molecule has 1 heterocycles. The monoisotopic (exact) mass is 203 g/mol. The Kier molecular flexibility index (Phi) is 6.19. The Bertz CT molecular complexity index is 399. The van der Waals surface area contributed by atoms with Crippen molar-refractivity contribution in [2.45, 2.75) is 27.7 Å². The maximum Gasteiger partial charge on any atom is 0.0459 e. The fraction of sp³-hybridized carbons (Fsp3) is 0.286. The molecule has 0 saturated heterocycles. The van der Waals surface area contributed by atoms with E-state index in [2.05, 4.69) is 50.2 Å². The molecule has 82 valence electrons. The van der Waals surface area contributed by atoms with E-state index in [-0.39, 0.29) is 0 Å². The van der Waals surface area contributed by atoms with Crippen molar-refractivity contribution in [1.29, 1.82) is 0 Å². The zero-order chi connectivity index (χ0) is 11.8. The van der Waals surface area contributed by atoms with Crippen molar-refractivity contribution in [2.24, 2.45) is 0 Å². The predicted molar refractivity (Wildman–Crippen MR) is 70.4 cm³/mol. The predicted octanol–water partition coefficient (Wildman–Crippen LogP) is 4.61. The number of aryl methyl sites for hydroxylation is 2. The second-order valence-electron chi connectivity index (χ2n) is 3.02. The van der Waals surface area contributed by atoms with Gasteiger partial charge in [-0.2, -0.15) is 0 Å². The topological polar surface area (TPSA) is 15.8 Å². The van der Waals surface area contributed by atoms with E-state index in [0.717, 1.165) is 0 Å². The fourth-order valence-corrected chi connectivity index (χ4v) is 1.39. The first-order valence-corrected chi connectivity index (χ1v) is 5.32. The van der Waals surface area contributed by atoms with Crippen LogP contribution in [0.5, 0.6) is 0 Å². The Morgan fingerprint density at radius 1 is 1.07 bits per heavy atom. The van der Waals surface area contributed by atoms with Gasteiger partial charge in [0.05, 0.1) is 0 Å². The van der Waals surface area contributed by atoms with Crippen LogP contribution in [0, 0.1) is 13.8 Å². The lowest BCUT2D eigenvalue weighted by atomic mass is 10.1. The molecule has 0 radical (unpaired) electrons. The highest BCUT2D eigenvalue weighted by Crippen LogP contribution is 2.17. The Labute approximate surface area is 92.8 Å². The highest BCUT2D eigenvalue weighted by molar-refractivity contribution is 5.83. The minimum absolute atomic E-state index is 1.24. The Morgan fingerprint density at radius 3 is 2.27 bits per heavy atom. The van der Waals surface area contributed by atoms with Gasteiger partial charge in [0, 0.05) is 17.1 Å². The number of nitrogens with one attached hydrogen (secondary N) is 1. The molecule has 15 heavy (non-hydrogen) atoms. The molecular formula is C14H21N. The van der Waals surface area contributed by atoms with Crippen LogP contribution in [0.3, 0.4) is 0 Å². The van der Waals surface area contributed by atoms with Crippen LogP contribution in [-0.4, -0.2) is 4.98 Å². The van der Waals surface area contributed by atoms with E-state index in [1.807, 2.05) is 20.0 Å². The third-order valence-electron chi connectivity index (χ3n) is 2.04. The number of H-pyrrole nitrogens is 1. The summed E-state index contributed by atoms with van der Waals surface area (Å²) in [4.78, 5) is 3.23. The van der Waals surface area contributed by atoms with Gasteiger partial charge in [-0.15, -0.1) is 13.2 Å². The summed E-state index contributed by atoms with van der Waals surface area (Å²) in [5.74, 6) is 0. The largest absolute Gasteiger partial charge is 0.361 e. The number of hydrogen-bond acceptors (Lipinski definition) is 0. The quantitative estimate of drug-likeness (QED) is 0.602. The second-order valence-corrected chi connectivity index (χ2v) is 3.02. The van der Waals surface area contributed by atoms with E-state index in [4.69, 9.17) is 0 Å². The van der Waals surface area contributed by atoms with Gasteiger partial charge in [0.15, 0.2) is 0 Å². The van der Waals surface area contributed by atoms with E-state index >= 15 is 0 Å². The highest BCUT2D eigenvalue weighted by Gasteiger charge is 1.97. The third kappa shape index (κ3) is 3.28. The van der Waals surface area contributed by atoms with E-state index in [0.29, 0.717) is 0 Å². The van der Waals surface area contributed by atoms with Crippen LogP contribution in [0.25, 0.3) is 10.9 Å². The molecule has 1 aromatic carbocycles. The molecule has 1 N–H and O–H groups in total. The zero-order valence-electron chi connectivity index (χ0n) is 10.2. The van der Waals surface area contributed by atoms with Gasteiger partial charge in [-0.05, 0) is 31.0 Å². The first-order valence-electron chi connectivity index (χ1n) is 5.32. The molecule has 2 rings (SSSR count). The molecule has 0 aliphatic rings. The molecule has 0 amide bonds. The first kappa shape index (κ1) is 13.5. The molecule has 1 heteroatoms. The van der Waals surface area contributed by atoms with Crippen LogP contribution < -0.4 is 0 Å². The average molecular weight is 203 g/mol. The van der Waals surface area contributed by atoms with Crippen LogP contribution in [0.2, 0.25) is 0 Å². The number of aromatic nitrogens is 1. The van der Waals surface area contributed by atoms with E-state index < -0.39 is 0 Å². The summed E-state index contributed by atoms with van der Waals surface area (Å²) in [6.45, 7) is 14.2. The highest BCUT2D eigenvalue weighted by atomic mass is 14.7. The van der Waals surface area contributed by atoms with E-state index in [1.165, 1.54) is 22.0 Å². The van der Waals surface area contributed by atoms with Crippen molar-refractivity contribution in [3.05, 3.63) is 48.7 Å². The molecular weight excluding hydrogens is 182 g/mol. The molecule has 0 fully saturated rings. The Morgan fingerprint density at radius 2 is 1.67 bits per heavy atom. The summed E-state index contributed by atoms with van der Waals surface area (Å²) in [6.07, 6.45) is 2.05. The van der Waals surface area contributed by atoms with Crippen LogP contribution in [0.1, 0.15) is 25.0 Å². The molecule has 0 bridgehead atoms. The Balaban J connectivity index is 0.000000442. The smallest absolute Gasteiger partial charge is 0.0459 e. The normalized spacial score (nSPS) is 8.53. The van der Waals surface area contributed by atoms with Crippen molar-refractivity contribution in [3.8, 4) is 0 Å². The summed E-state index contributed by atoms with van der Waals surface area (Å²) in [6, 6.07) is 6.47. The van der Waals surface area contributed by atoms with Gasteiger partial charge >= 0.3 is 0 Å². The average Bonchev–Trinajstić information content (AvgIpc) is 2.65. The first-order chi connectivity index (χ1) is 7.27. The molecule has 0 atom stereocenters. The van der Waals surface area contributed by atoms with Gasteiger partial charge in [0.25, 0.3) is 0 Å². The number of hydrogen-bond donors (Lipinski definition) is 1. The van der Waals surface area contributed by atoms with Crippen LogP contribution >= 0.6 is 0 Å². The summed E-state index contributed by atoms with van der Waals surface area (Å²) in [5.41, 5.74) is 3.86. The molecule has 0 aliphatic heterocycles. The van der Waals surface area contributed by atoms with Gasteiger partial charge in [0.1, 0.15) is 0 Å². The SMILES string of the molecule is C=C.CC.Cc1ccc2c(C)c[nH]c2c1. The number of aromatic amines is 1. The summed E-state index contributed by atoms with van der Waals surface area (Å²) < 4.78 is 0. The fourth-order valence-electron chi connectivity index (χ4n) is 1.39. The van der Waals surface area contributed by atoms with E-state index in [1.54, 1.807) is 0 Å². The zero-order valence-corrected chi connectivity index (χ0v) is 10.2.